The smallest absolute Gasteiger partial charge is 0.226 e. The Morgan fingerprint density at radius 3 is 2.74 bits per heavy atom. The highest BCUT2D eigenvalue weighted by Gasteiger charge is 2.30. The normalized spacial score (nSPS) is 19.4. The van der Waals surface area contributed by atoms with E-state index in [1.807, 2.05) is 15.8 Å². The highest BCUT2D eigenvalue weighted by molar-refractivity contribution is 6.36. The molecule has 0 bridgehead atoms. The van der Waals surface area contributed by atoms with Gasteiger partial charge in [0.2, 0.25) is 5.91 Å². The van der Waals surface area contributed by atoms with E-state index in [4.69, 9.17) is 33.7 Å². The largest absolute Gasteiger partial charge is 0.482 e. The number of hydrogen-bond donors (Lipinski definition) is 2. The van der Waals surface area contributed by atoms with Crippen LogP contribution in [0.15, 0.2) is 36.8 Å². The van der Waals surface area contributed by atoms with Gasteiger partial charge in [0.05, 0.1) is 23.2 Å². The number of ether oxygens (including phenoxy) is 1. The molecule has 2 aromatic heterocycles. The summed E-state index contributed by atoms with van der Waals surface area (Å²) in [4.78, 5) is 19.2. The molecule has 0 aliphatic carbocycles. The van der Waals surface area contributed by atoms with Gasteiger partial charge in [-0.15, -0.1) is 0 Å². The minimum Gasteiger partial charge on any atom is -0.482 e. The number of nitrogens with two attached hydrogens (primary N) is 1. The first-order chi connectivity index (χ1) is 18.3. The molecule has 0 unspecified atom stereocenters. The number of carbonyl (C=O) groups excluding carboxylic acids is 1. The standard InChI is InChI=1S/C27H31Cl2FN6O2/c1-16(24-21(28)4-5-22(30)25(24)29)38-23-11-18(13-33-26(23)31)19-14-34-36(15-19)20-6-9-35(10-7-20)27(37)17-3-2-8-32-12-17/h4-5,11,13-17,20,32H,2-3,6-10,12H2,1H3,(H2,31,33)/t16-,17+/m1/s1. The van der Waals surface area contributed by atoms with Gasteiger partial charge < -0.3 is 20.7 Å². The number of hydrogen-bond acceptors (Lipinski definition) is 6. The van der Waals surface area contributed by atoms with Crippen molar-refractivity contribution in [2.75, 3.05) is 31.9 Å². The monoisotopic (exact) mass is 560 g/mol. The molecule has 11 heteroatoms. The SMILES string of the molecule is C[C@@H](Oc1cc(-c2cnn(C3CCN(C(=O)[C@H]4CCCNC4)CC3)c2)cnc1N)c1c(Cl)ccc(F)c1Cl. The van der Waals surface area contributed by atoms with E-state index in [9.17, 15) is 9.18 Å². The van der Waals surface area contributed by atoms with Gasteiger partial charge in [0.1, 0.15) is 11.9 Å². The fraction of sp³-hybridized carbons (Fsp3) is 0.444. The van der Waals surface area contributed by atoms with Crippen LogP contribution in [0.5, 0.6) is 5.75 Å². The number of carbonyl (C=O) groups is 1. The number of halogens is 3. The molecule has 38 heavy (non-hydrogen) atoms. The first kappa shape index (κ1) is 26.7. The van der Waals surface area contributed by atoms with Crippen molar-refractivity contribution in [3.05, 3.63) is 58.2 Å². The van der Waals surface area contributed by atoms with E-state index in [0.717, 1.165) is 63.0 Å². The van der Waals surface area contributed by atoms with Crippen LogP contribution in [0.1, 0.15) is 50.3 Å². The summed E-state index contributed by atoms with van der Waals surface area (Å²) in [7, 11) is 0. The average molecular weight is 561 g/mol. The van der Waals surface area contributed by atoms with Crippen LogP contribution in [0, 0.1) is 11.7 Å². The van der Waals surface area contributed by atoms with Gasteiger partial charge in [-0.25, -0.2) is 9.37 Å². The topological polar surface area (TPSA) is 98.3 Å². The molecule has 4 heterocycles. The van der Waals surface area contributed by atoms with Crippen molar-refractivity contribution in [2.45, 2.75) is 44.8 Å². The van der Waals surface area contributed by atoms with E-state index in [-0.39, 0.29) is 28.7 Å². The highest BCUT2D eigenvalue weighted by atomic mass is 35.5. The Hall–Kier alpha value is -2.88. The zero-order valence-electron chi connectivity index (χ0n) is 21.2. The molecule has 1 amide bonds. The van der Waals surface area contributed by atoms with E-state index < -0.39 is 11.9 Å². The lowest BCUT2D eigenvalue weighted by Crippen LogP contribution is -2.46. The third-order valence-corrected chi connectivity index (χ3v) is 8.12. The van der Waals surface area contributed by atoms with Crippen molar-refractivity contribution < 1.29 is 13.9 Å². The molecule has 1 aromatic carbocycles. The van der Waals surface area contributed by atoms with E-state index >= 15 is 0 Å². The number of piperidine rings is 2. The number of anilines is 1. The number of nitrogens with one attached hydrogen (secondary N) is 1. The van der Waals surface area contributed by atoms with Crippen molar-refractivity contribution in [3.63, 3.8) is 0 Å². The van der Waals surface area contributed by atoms with Crippen molar-refractivity contribution >= 4 is 34.9 Å². The number of nitrogens with zero attached hydrogens (tertiary/aromatic N) is 4. The van der Waals surface area contributed by atoms with Crippen LogP contribution in [0.4, 0.5) is 10.2 Å². The molecule has 2 atom stereocenters. The summed E-state index contributed by atoms with van der Waals surface area (Å²) in [6, 6.07) is 4.65. The molecular formula is C27H31Cl2FN6O2. The van der Waals surface area contributed by atoms with E-state index in [0.29, 0.717) is 16.3 Å². The van der Waals surface area contributed by atoms with Gasteiger partial charge in [-0.3, -0.25) is 9.48 Å². The quantitative estimate of drug-likeness (QED) is 0.398. The van der Waals surface area contributed by atoms with Crippen molar-refractivity contribution in [3.8, 4) is 16.9 Å². The average Bonchev–Trinajstić information content (AvgIpc) is 3.43. The molecule has 2 aliphatic rings. The first-order valence-corrected chi connectivity index (χ1v) is 13.7. The van der Waals surface area contributed by atoms with Crippen molar-refractivity contribution in [1.29, 1.82) is 0 Å². The second kappa shape index (κ2) is 11.5. The summed E-state index contributed by atoms with van der Waals surface area (Å²) < 4.78 is 22.0. The molecule has 5 rings (SSSR count). The van der Waals surface area contributed by atoms with Gasteiger partial charge >= 0.3 is 0 Å². The fourth-order valence-corrected chi connectivity index (χ4v) is 5.91. The number of benzene rings is 1. The molecule has 2 fully saturated rings. The summed E-state index contributed by atoms with van der Waals surface area (Å²) in [5.41, 5.74) is 8.07. The molecule has 202 valence electrons. The van der Waals surface area contributed by atoms with Gasteiger partial charge in [0.25, 0.3) is 0 Å². The Bertz CT molecular complexity index is 1300. The van der Waals surface area contributed by atoms with E-state index in [2.05, 4.69) is 15.4 Å². The Balaban J connectivity index is 1.26. The predicted molar refractivity (Wildman–Crippen MR) is 146 cm³/mol. The Kier molecular flexibility index (Phi) is 8.07. The second-order valence-corrected chi connectivity index (χ2v) is 10.7. The third-order valence-electron chi connectivity index (χ3n) is 7.40. The van der Waals surface area contributed by atoms with Gasteiger partial charge in [0.15, 0.2) is 11.6 Å². The van der Waals surface area contributed by atoms with Crippen LogP contribution in [-0.4, -0.2) is 51.8 Å². The van der Waals surface area contributed by atoms with E-state index in [1.165, 1.54) is 12.1 Å². The number of likely N-dealkylation sites (tertiary alicyclic amines) is 1. The molecule has 2 saturated heterocycles. The lowest BCUT2D eigenvalue weighted by Gasteiger charge is -2.35. The zero-order chi connectivity index (χ0) is 26.8. The van der Waals surface area contributed by atoms with Gasteiger partial charge in [-0.05, 0) is 57.4 Å². The second-order valence-electron chi connectivity index (χ2n) is 9.93. The molecular weight excluding hydrogens is 530 g/mol. The molecule has 0 saturated carbocycles. The maximum atomic E-state index is 14.0. The number of pyridine rings is 1. The first-order valence-electron chi connectivity index (χ1n) is 12.9. The van der Waals surface area contributed by atoms with Crippen molar-refractivity contribution in [1.82, 2.24) is 25.0 Å². The van der Waals surface area contributed by atoms with Crippen LogP contribution in [0.3, 0.4) is 0 Å². The van der Waals surface area contributed by atoms with E-state index in [1.54, 1.807) is 25.4 Å². The Morgan fingerprint density at radius 1 is 1.21 bits per heavy atom. The van der Waals surface area contributed by atoms with Crippen LogP contribution in [-0.2, 0) is 4.79 Å². The number of aromatic nitrogens is 3. The molecule has 0 spiro atoms. The Labute approximate surface area is 231 Å². The predicted octanol–water partition coefficient (Wildman–Crippen LogP) is 5.28. The minimum absolute atomic E-state index is 0.0860. The van der Waals surface area contributed by atoms with Crippen LogP contribution < -0.4 is 15.8 Å². The molecule has 3 N–H and O–H groups in total. The Morgan fingerprint density at radius 2 is 2.00 bits per heavy atom. The van der Waals surface area contributed by atoms with Gasteiger partial charge in [-0.2, -0.15) is 5.10 Å². The molecule has 2 aliphatic heterocycles. The summed E-state index contributed by atoms with van der Waals surface area (Å²) >= 11 is 12.4. The van der Waals surface area contributed by atoms with Crippen LogP contribution >= 0.6 is 23.2 Å². The van der Waals surface area contributed by atoms with Crippen LogP contribution in [0.25, 0.3) is 11.1 Å². The zero-order valence-corrected chi connectivity index (χ0v) is 22.7. The molecule has 3 aromatic rings. The number of nitrogen functional groups attached to an aromatic ring is 1. The summed E-state index contributed by atoms with van der Waals surface area (Å²) in [5.74, 6) is 0.328. The lowest BCUT2D eigenvalue weighted by molar-refractivity contribution is -0.137. The summed E-state index contributed by atoms with van der Waals surface area (Å²) in [5, 5.41) is 8.14. The number of amides is 1. The molecule has 0 radical (unpaired) electrons. The minimum atomic E-state index is -0.662. The lowest BCUT2D eigenvalue weighted by atomic mass is 9.96. The van der Waals surface area contributed by atoms with Gasteiger partial charge in [0, 0.05) is 53.7 Å². The summed E-state index contributed by atoms with van der Waals surface area (Å²) in [6.07, 6.45) is 8.50. The highest BCUT2D eigenvalue weighted by Crippen LogP contribution is 2.37. The maximum absolute atomic E-state index is 14.0. The van der Waals surface area contributed by atoms with Gasteiger partial charge in [-0.1, -0.05) is 23.2 Å². The fourth-order valence-electron chi connectivity index (χ4n) is 5.23. The third kappa shape index (κ3) is 5.60. The van der Waals surface area contributed by atoms with Crippen molar-refractivity contribution in [2.24, 2.45) is 5.92 Å². The summed E-state index contributed by atoms with van der Waals surface area (Å²) in [6.45, 7) is 4.97. The van der Waals surface area contributed by atoms with Crippen LogP contribution in [0.2, 0.25) is 10.0 Å². The maximum Gasteiger partial charge on any atom is 0.226 e. The number of rotatable bonds is 6. The molecule has 8 nitrogen and oxygen atoms in total.